The number of ether oxygens (including phenoxy) is 1. The molecule has 0 aliphatic carbocycles. The quantitative estimate of drug-likeness (QED) is 0.728. The van der Waals surface area contributed by atoms with Crippen molar-refractivity contribution in [3.8, 4) is 5.75 Å². The number of anilines is 1. The van der Waals surface area contributed by atoms with Gasteiger partial charge in [0.25, 0.3) is 0 Å². The Bertz CT molecular complexity index is 647. The monoisotopic (exact) mass is 334 g/mol. The van der Waals surface area contributed by atoms with E-state index in [-0.39, 0.29) is 19.0 Å². The lowest BCUT2D eigenvalue weighted by molar-refractivity contribution is -0.119. The van der Waals surface area contributed by atoms with Gasteiger partial charge in [0.1, 0.15) is 5.75 Å². The highest BCUT2D eigenvalue weighted by molar-refractivity contribution is 6.30. The van der Waals surface area contributed by atoms with Crippen LogP contribution in [0.2, 0.25) is 5.02 Å². The van der Waals surface area contributed by atoms with Gasteiger partial charge in [-0.25, -0.2) is 0 Å². The molecule has 0 radical (unpaired) electrons. The van der Waals surface area contributed by atoms with E-state index in [1.165, 1.54) is 0 Å². The van der Waals surface area contributed by atoms with Crippen LogP contribution in [0, 0.1) is 0 Å². The maximum Gasteiger partial charge on any atom is 0.239 e. The molecular weight excluding hydrogens is 316 g/mol. The zero-order valence-electron chi connectivity index (χ0n) is 12.8. The summed E-state index contributed by atoms with van der Waals surface area (Å²) >= 11 is 5.87. The van der Waals surface area contributed by atoms with Gasteiger partial charge in [-0.2, -0.15) is 0 Å². The van der Waals surface area contributed by atoms with E-state index in [0.29, 0.717) is 10.6 Å². The molecular formula is C17H19ClN2O3. The summed E-state index contributed by atoms with van der Waals surface area (Å²) in [5.41, 5.74) is 1.48. The number of amides is 1. The molecule has 2 aromatic rings. The molecule has 0 bridgehead atoms. The summed E-state index contributed by atoms with van der Waals surface area (Å²) in [5, 5.41) is 16.3. The Labute approximate surface area is 140 Å². The maximum atomic E-state index is 11.8. The van der Waals surface area contributed by atoms with Gasteiger partial charge in [-0.1, -0.05) is 29.8 Å². The summed E-state index contributed by atoms with van der Waals surface area (Å²) in [7, 11) is 1.58. The van der Waals surface area contributed by atoms with Crippen LogP contribution < -0.4 is 15.4 Å². The molecule has 1 amide bonds. The number of carbonyl (C=O) groups is 1. The van der Waals surface area contributed by atoms with E-state index in [1.54, 1.807) is 49.6 Å². The van der Waals surface area contributed by atoms with Crippen molar-refractivity contribution < 1.29 is 14.6 Å². The van der Waals surface area contributed by atoms with E-state index < -0.39 is 6.10 Å². The van der Waals surface area contributed by atoms with Crippen LogP contribution in [0.4, 0.5) is 5.69 Å². The van der Waals surface area contributed by atoms with Crippen LogP contribution in [0.5, 0.6) is 5.75 Å². The number of methoxy groups -OCH3 is 1. The Hall–Kier alpha value is -2.24. The van der Waals surface area contributed by atoms with Crippen molar-refractivity contribution in [2.24, 2.45) is 0 Å². The summed E-state index contributed by atoms with van der Waals surface area (Å²) in [4.78, 5) is 11.8. The molecule has 0 aromatic heterocycles. The van der Waals surface area contributed by atoms with Gasteiger partial charge < -0.3 is 20.5 Å². The van der Waals surface area contributed by atoms with Gasteiger partial charge in [0.2, 0.25) is 5.91 Å². The minimum atomic E-state index is -0.768. The lowest BCUT2D eigenvalue weighted by Crippen LogP contribution is -2.33. The molecule has 3 N–H and O–H groups in total. The average molecular weight is 335 g/mol. The van der Waals surface area contributed by atoms with Crippen molar-refractivity contribution in [1.82, 2.24) is 5.32 Å². The number of benzene rings is 2. The molecule has 0 saturated heterocycles. The van der Waals surface area contributed by atoms with Crippen LogP contribution >= 0.6 is 11.6 Å². The minimum Gasteiger partial charge on any atom is -0.497 e. The SMILES string of the molecule is COc1ccc(C(O)CNC(=O)CNc2cccc(Cl)c2)cc1. The van der Waals surface area contributed by atoms with Crippen LogP contribution in [0.15, 0.2) is 48.5 Å². The van der Waals surface area contributed by atoms with Crippen LogP contribution in [-0.2, 0) is 4.79 Å². The number of hydrogen-bond donors (Lipinski definition) is 3. The van der Waals surface area contributed by atoms with Gasteiger partial charge >= 0.3 is 0 Å². The van der Waals surface area contributed by atoms with E-state index in [2.05, 4.69) is 10.6 Å². The van der Waals surface area contributed by atoms with Crippen LogP contribution in [0.3, 0.4) is 0 Å². The van der Waals surface area contributed by atoms with Crippen LogP contribution in [0.25, 0.3) is 0 Å². The summed E-state index contributed by atoms with van der Waals surface area (Å²) < 4.78 is 5.06. The number of aliphatic hydroxyl groups is 1. The normalized spacial score (nSPS) is 11.6. The van der Waals surface area contributed by atoms with Gasteiger partial charge in [0, 0.05) is 17.3 Å². The van der Waals surface area contributed by atoms with Gasteiger partial charge in [-0.3, -0.25) is 4.79 Å². The summed E-state index contributed by atoms with van der Waals surface area (Å²) in [6.45, 7) is 0.248. The van der Waals surface area contributed by atoms with E-state index in [0.717, 1.165) is 11.4 Å². The van der Waals surface area contributed by atoms with Crippen molar-refractivity contribution in [2.75, 3.05) is 25.5 Å². The third-order valence-electron chi connectivity index (χ3n) is 3.27. The van der Waals surface area contributed by atoms with Gasteiger partial charge in [-0.05, 0) is 35.9 Å². The Morgan fingerprint density at radius 3 is 2.65 bits per heavy atom. The molecule has 1 atom stereocenters. The van der Waals surface area contributed by atoms with E-state index in [9.17, 15) is 9.90 Å². The molecule has 1 unspecified atom stereocenters. The molecule has 5 nitrogen and oxygen atoms in total. The molecule has 23 heavy (non-hydrogen) atoms. The van der Waals surface area contributed by atoms with Gasteiger partial charge in [-0.15, -0.1) is 0 Å². The van der Waals surface area contributed by atoms with E-state index >= 15 is 0 Å². The first-order valence-electron chi connectivity index (χ1n) is 7.16. The van der Waals surface area contributed by atoms with Crippen LogP contribution in [0.1, 0.15) is 11.7 Å². The molecule has 0 saturated carbocycles. The van der Waals surface area contributed by atoms with Crippen LogP contribution in [-0.4, -0.2) is 31.2 Å². The fourth-order valence-electron chi connectivity index (χ4n) is 2.00. The number of hydrogen-bond acceptors (Lipinski definition) is 4. The van der Waals surface area contributed by atoms with Gasteiger partial charge in [0.15, 0.2) is 0 Å². The Morgan fingerprint density at radius 1 is 1.26 bits per heavy atom. The second kappa shape index (κ2) is 8.41. The number of halogens is 1. The van der Waals surface area contributed by atoms with E-state index in [4.69, 9.17) is 16.3 Å². The lowest BCUT2D eigenvalue weighted by Gasteiger charge is -2.13. The predicted octanol–water partition coefficient (Wildman–Crippen LogP) is 2.61. The highest BCUT2D eigenvalue weighted by Crippen LogP contribution is 2.17. The topological polar surface area (TPSA) is 70.6 Å². The smallest absolute Gasteiger partial charge is 0.239 e. The number of rotatable bonds is 7. The second-order valence-corrected chi connectivity index (χ2v) is 5.39. The number of carbonyl (C=O) groups excluding carboxylic acids is 1. The number of nitrogens with one attached hydrogen (secondary N) is 2. The Kier molecular flexibility index (Phi) is 6.26. The number of aliphatic hydroxyl groups excluding tert-OH is 1. The molecule has 0 heterocycles. The molecule has 0 aliphatic rings. The fourth-order valence-corrected chi connectivity index (χ4v) is 2.19. The standard InChI is InChI=1S/C17H19ClN2O3/c1-23-15-7-5-12(6-8-15)16(21)10-20-17(22)11-19-14-4-2-3-13(18)9-14/h2-9,16,19,21H,10-11H2,1H3,(H,20,22). The molecule has 2 aromatic carbocycles. The van der Waals surface area contributed by atoms with Crippen molar-refractivity contribution in [1.29, 1.82) is 0 Å². The fraction of sp³-hybridized carbons (Fsp3) is 0.235. The molecule has 122 valence electrons. The predicted molar refractivity (Wildman–Crippen MR) is 90.9 cm³/mol. The van der Waals surface area contributed by atoms with Crippen molar-refractivity contribution in [2.45, 2.75) is 6.10 Å². The second-order valence-electron chi connectivity index (χ2n) is 4.96. The maximum absolute atomic E-state index is 11.8. The highest BCUT2D eigenvalue weighted by atomic mass is 35.5. The molecule has 0 aliphatic heterocycles. The highest BCUT2D eigenvalue weighted by Gasteiger charge is 2.09. The van der Waals surface area contributed by atoms with Crippen molar-refractivity contribution >= 4 is 23.2 Å². The molecule has 6 heteroatoms. The molecule has 0 spiro atoms. The summed E-state index contributed by atoms with van der Waals surface area (Å²) in [6, 6.07) is 14.2. The van der Waals surface area contributed by atoms with Crippen molar-refractivity contribution in [3.63, 3.8) is 0 Å². The zero-order valence-corrected chi connectivity index (χ0v) is 13.5. The lowest BCUT2D eigenvalue weighted by atomic mass is 10.1. The third kappa shape index (κ3) is 5.47. The third-order valence-corrected chi connectivity index (χ3v) is 3.51. The van der Waals surface area contributed by atoms with Crippen molar-refractivity contribution in [3.05, 3.63) is 59.1 Å². The Morgan fingerprint density at radius 2 is 2.00 bits per heavy atom. The summed E-state index contributed by atoms with van der Waals surface area (Å²) in [5.74, 6) is 0.508. The van der Waals surface area contributed by atoms with E-state index in [1.807, 2.05) is 6.07 Å². The average Bonchev–Trinajstić information content (AvgIpc) is 2.58. The largest absolute Gasteiger partial charge is 0.497 e. The zero-order chi connectivity index (χ0) is 16.7. The Balaban J connectivity index is 1.76. The first kappa shape index (κ1) is 17.1. The first-order valence-corrected chi connectivity index (χ1v) is 7.54. The minimum absolute atomic E-state index is 0.107. The summed E-state index contributed by atoms with van der Waals surface area (Å²) in [6.07, 6.45) is -0.768. The first-order chi connectivity index (χ1) is 11.1. The molecule has 0 fully saturated rings. The molecule has 2 rings (SSSR count). The van der Waals surface area contributed by atoms with Gasteiger partial charge in [0.05, 0.1) is 19.8 Å².